The first kappa shape index (κ1) is 19.5. The second-order valence-electron chi connectivity index (χ2n) is 6.40. The fourth-order valence-corrected chi connectivity index (χ4v) is 3.17. The zero-order valence-electron chi connectivity index (χ0n) is 15.8. The molecule has 0 unspecified atom stereocenters. The van der Waals surface area contributed by atoms with Crippen LogP contribution in [0.2, 0.25) is 5.02 Å². The van der Waals surface area contributed by atoms with Gasteiger partial charge in [-0.2, -0.15) is 0 Å². The van der Waals surface area contributed by atoms with Gasteiger partial charge in [0.05, 0.1) is 5.56 Å². The molecule has 0 aliphatic heterocycles. The minimum atomic E-state index is -0.398. The fourth-order valence-electron chi connectivity index (χ4n) is 3.04. The van der Waals surface area contributed by atoms with Crippen LogP contribution in [0.4, 0.5) is 11.6 Å². The molecular formula is C24H16ClN3O2. The molecule has 2 aromatic carbocycles. The fraction of sp³-hybridized carbons (Fsp3) is 0. The number of hydrogen-bond donors (Lipinski definition) is 0. The summed E-state index contributed by atoms with van der Waals surface area (Å²) >= 11 is 5.94. The number of amides is 1. The summed E-state index contributed by atoms with van der Waals surface area (Å²) in [6.45, 7) is 0. The zero-order chi connectivity index (χ0) is 20.9. The van der Waals surface area contributed by atoms with Gasteiger partial charge in [-0.25, -0.2) is 14.9 Å². The van der Waals surface area contributed by atoms with Gasteiger partial charge in [-0.1, -0.05) is 41.9 Å². The Balaban J connectivity index is 1.80. The summed E-state index contributed by atoms with van der Waals surface area (Å²) in [5, 5.41) is 0.535. The molecule has 0 bridgehead atoms. The van der Waals surface area contributed by atoms with Gasteiger partial charge in [-0.15, -0.1) is 0 Å². The van der Waals surface area contributed by atoms with E-state index in [9.17, 15) is 9.59 Å². The number of ketones is 1. The van der Waals surface area contributed by atoms with Crippen molar-refractivity contribution >= 4 is 34.9 Å². The summed E-state index contributed by atoms with van der Waals surface area (Å²) in [6, 6.07) is 23.8. The van der Waals surface area contributed by atoms with Crippen molar-refractivity contribution in [3.05, 3.63) is 119 Å². The summed E-state index contributed by atoms with van der Waals surface area (Å²) in [5.74, 6) is 0.160. The summed E-state index contributed by atoms with van der Waals surface area (Å²) in [6.07, 6.45) is 3.20. The molecule has 0 saturated heterocycles. The molecule has 30 heavy (non-hydrogen) atoms. The van der Waals surface area contributed by atoms with Crippen LogP contribution in [0.15, 0.2) is 97.3 Å². The molecule has 4 aromatic rings. The Morgan fingerprint density at radius 1 is 0.667 bits per heavy atom. The second kappa shape index (κ2) is 8.68. The lowest BCUT2D eigenvalue weighted by Gasteiger charge is -2.22. The zero-order valence-corrected chi connectivity index (χ0v) is 16.5. The lowest BCUT2D eigenvalue weighted by molar-refractivity contribution is 0.0979. The number of rotatable bonds is 5. The molecule has 0 aliphatic carbocycles. The third-order valence-corrected chi connectivity index (χ3v) is 4.72. The molecule has 0 radical (unpaired) electrons. The van der Waals surface area contributed by atoms with E-state index in [2.05, 4.69) is 9.97 Å². The van der Waals surface area contributed by atoms with E-state index in [4.69, 9.17) is 11.6 Å². The minimum absolute atomic E-state index is 0.258. The van der Waals surface area contributed by atoms with E-state index in [1.165, 1.54) is 4.90 Å². The molecule has 5 nitrogen and oxygen atoms in total. The maximum Gasteiger partial charge on any atom is 0.265 e. The predicted molar refractivity (Wildman–Crippen MR) is 116 cm³/mol. The molecule has 0 spiro atoms. The molecule has 6 heteroatoms. The highest BCUT2D eigenvalue weighted by Gasteiger charge is 2.26. The third-order valence-electron chi connectivity index (χ3n) is 4.47. The van der Waals surface area contributed by atoms with E-state index < -0.39 is 5.91 Å². The van der Waals surface area contributed by atoms with E-state index >= 15 is 0 Å². The quantitative estimate of drug-likeness (QED) is 0.414. The van der Waals surface area contributed by atoms with Gasteiger partial charge < -0.3 is 0 Å². The number of nitrogens with zero attached hydrogens (tertiary/aromatic N) is 3. The van der Waals surface area contributed by atoms with Crippen molar-refractivity contribution in [3.8, 4) is 0 Å². The minimum Gasteiger partial charge on any atom is -0.289 e. The van der Waals surface area contributed by atoms with Gasteiger partial charge in [0.2, 0.25) is 0 Å². The van der Waals surface area contributed by atoms with Crippen molar-refractivity contribution in [2.75, 3.05) is 4.90 Å². The highest BCUT2D eigenvalue weighted by atomic mass is 35.5. The Morgan fingerprint density at radius 2 is 1.20 bits per heavy atom. The molecule has 2 aromatic heterocycles. The molecular weight excluding hydrogens is 398 g/mol. The van der Waals surface area contributed by atoms with Crippen LogP contribution >= 0.6 is 11.6 Å². The van der Waals surface area contributed by atoms with Crippen molar-refractivity contribution in [1.29, 1.82) is 0 Å². The highest BCUT2D eigenvalue weighted by Crippen LogP contribution is 2.26. The van der Waals surface area contributed by atoms with Crippen LogP contribution in [-0.2, 0) is 0 Å². The average molecular weight is 414 g/mol. The number of carbonyl (C=O) groups is 2. The monoisotopic (exact) mass is 413 g/mol. The molecule has 0 N–H and O–H groups in total. The van der Waals surface area contributed by atoms with E-state index in [-0.39, 0.29) is 11.3 Å². The summed E-state index contributed by atoms with van der Waals surface area (Å²) in [5.41, 5.74) is 0.998. The molecule has 0 aliphatic rings. The van der Waals surface area contributed by atoms with Crippen LogP contribution < -0.4 is 4.90 Å². The van der Waals surface area contributed by atoms with Gasteiger partial charge in [0.25, 0.3) is 5.91 Å². The Bertz CT molecular complexity index is 1140. The lowest BCUT2D eigenvalue weighted by atomic mass is 9.97. The topological polar surface area (TPSA) is 63.2 Å². The number of hydrogen-bond acceptors (Lipinski definition) is 4. The van der Waals surface area contributed by atoms with E-state index in [1.54, 1.807) is 97.3 Å². The summed E-state index contributed by atoms with van der Waals surface area (Å²) in [7, 11) is 0. The van der Waals surface area contributed by atoms with Gasteiger partial charge in [0, 0.05) is 28.5 Å². The maximum absolute atomic E-state index is 13.6. The Morgan fingerprint density at radius 3 is 1.73 bits per heavy atom. The summed E-state index contributed by atoms with van der Waals surface area (Å²) in [4.78, 5) is 36.8. The first-order chi connectivity index (χ1) is 14.6. The van der Waals surface area contributed by atoms with Crippen molar-refractivity contribution in [1.82, 2.24) is 9.97 Å². The molecule has 1 amide bonds. The van der Waals surface area contributed by atoms with Crippen molar-refractivity contribution < 1.29 is 9.59 Å². The van der Waals surface area contributed by atoms with Crippen LogP contribution in [0, 0.1) is 0 Å². The predicted octanol–water partition coefficient (Wildman–Crippen LogP) is 5.34. The van der Waals surface area contributed by atoms with Crippen LogP contribution in [0.1, 0.15) is 26.3 Å². The third kappa shape index (κ3) is 3.97. The smallest absolute Gasteiger partial charge is 0.265 e. The normalized spacial score (nSPS) is 10.4. The lowest BCUT2D eigenvalue weighted by Crippen LogP contribution is -2.29. The Kier molecular flexibility index (Phi) is 5.63. The molecule has 0 atom stereocenters. The first-order valence-corrected chi connectivity index (χ1v) is 9.59. The van der Waals surface area contributed by atoms with E-state index in [0.717, 1.165) is 0 Å². The number of aromatic nitrogens is 2. The van der Waals surface area contributed by atoms with E-state index in [1.807, 2.05) is 0 Å². The van der Waals surface area contributed by atoms with Crippen molar-refractivity contribution in [2.24, 2.45) is 0 Å². The largest absolute Gasteiger partial charge is 0.289 e. The number of anilines is 2. The second-order valence-corrected chi connectivity index (χ2v) is 6.83. The SMILES string of the molecule is O=C(c1ccc(Cl)cc1)c1ccccc1C(=O)N(c1ccccn1)c1ccccn1. The van der Waals surface area contributed by atoms with Gasteiger partial charge >= 0.3 is 0 Å². The Hall–Kier alpha value is -3.83. The standard InChI is InChI=1S/C24H16ClN3O2/c25-18-13-11-17(12-14-18)23(29)19-7-1-2-8-20(19)24(30)28(21-9-3-5-15-26-21)22-10-4-6-16-27-22/h1-16H. The molecule has 0 fully saturated rings. The van der Waals surface area contributed by atoms with E-state index in [0.29, 0.717) is 27.8 Å². The number of benzene rings is 2. The molecule has 4 rings (SSSR count). The Labute approximate surface area is 178 Å². The van der Waals surface area contributed by atoms with Crippen molar-refractivity contribution in [2.45, 2.75) is 0 Å². The van der Waals surface area contributed by atoms with Gasteiger partial charge in [0.15, 0.2) is 5.78 Å². The number of pyridine rings is 2. The van der Waals surface area contributed by atoms with Gasteiger partial charge in [0.1, 0.15) is 11.6 Å². The van der Waals surface area contributed by atoms with Gasteiger partial charge in [-0.05, 0) is 54.6 Å². The molecule has 2 heterocycles. The van der Waals surface area contributed by atoms with Crippen LogP contribution in [0.5, 0.6) is 0 Å². The molecule has 0 saturated carbocycles. The summed E-state index contributed by atoms with van der Waals surface area (Å²) < 4.78 is 0. The van der Waals surface area contributed by atoms with Crippen LogP contribution in [0.25, 0.3) is 0 Å². The molecule has 146 valence electrons. The van der Waals surface area contributed by atoms with Gasteiger partial charge in [-0.3, -0.25) is 9.59 Å². The number of carbonyl (C=O) groups excluding carboxylic acids is 2. The van der Waals surface area contributed by atoms with Crippen molar-refractivity contribution in [3.63, 3.8) is 0 Å². The first-order valence-electron chi connectivity index (χ1n) is 9.21. The average Bonchev–Trinajstić information content (AvgIpc) is 2.81. The number of halogens is 1. The van der Waals surface area contributed by atoms with Crippen LogP contribution in [0.3, 0.4) is 0 Å². The highest BCUT2D eigenvalue weighted by molar-refractivity contribution is 6.30. The van der Waals surface area contributed by atoms with Crippen LogP contribution in [-0.4, -0.2) is 21.7 Å². The maximum atomic E-state index is 13.6.